The molecule has 5 rings (SSSR count). The lowest BCUT2D eigenvalue weighted by Crippen LogP contribution is -2.33. The number of benzene rings is 1. The minimum Gasteiger partial charge on any atom is -0.495 e. The van der Waals surface area contributed by atoms with Crippen LogP contribution in [0.5, 0.6) is 5.75 Å². The van der Waals surface area contributed by atoms with Crippen LogP contribution in [0, 0.1) is 0 Å². The molecule has 3 aromatic rings. The summed E-state index contributed by atoms with van der Waals surface area (Å²) in [6, 6.07) is 6.89. The van der Waals surface area contributed by atoms with Gasteiger partial charge in [-0.2, -0.15) is 9.97 Å². The van der Waals surface area contributed by atoms with E-state index in [4.69, 9.17) is 31.2 Å². The largest absolute Gasteiger partial charge is 0.495 e. The average Bonchev–Trinajstić information content (AvgIpc) is 3.29. The summed E-state index contributed by atoms with van der Waals surface area (Å²) < 4.78 is 7.63. The van der Waals surface area contributed by atoms with Crippen molar-refractivity contribution in [2.45, 2.75) is 82.5 Å². The van der Waals surface area contributed by atoms with Crippen molar-refractivity contribution >= 4 is 28.6 Å². The third kappa shape index (κ3) is 4.75. The van der Waals surface area contributed by atoms with E-state index < -0.39 is 0 Å². The molecule has 2 aromatic heterocycles. The molecule has 182 valence electrons. The van der Waals surface area contributed by atoms with Gasteiger partial charge in [0.2, 0.25) is 5.95 Å². The van der Waals surface area contributed by atoms with Gasteiger partial charge >= 0.3 is 0 Å². The highest BCUT2D eigenvalue weighted by Gasteiger charge is 2.23. The van der Waals surface area contributed by atoms with Crippen LogP contribution in [0.3, 0.4) is 0 Å². The second-order valence-electron chi connectivity index (χ2n) is 9.65. The van der Waals surface area contributed by atoms with Crippen molar-refractivity contribution in [1.29, 1.82) is 0 Å². The summed E-state index contributed by atoms with van der Waals surface area (Å²) >= 11 is 0. The number of nitrogens with two attached hydrogens (primary N) is 2. The highest BCUT2D eigenvalue weighted by atomic mass is 16.5. The normalized spacial score (nSPS) is 21.5. The predicted octanol–water partition coefficient (Wildman–Crippen LogP) is 4.22. The van der Waals surface area contributed by atoms with Crippen LogP contribution in [-0.2, 0) is 6.54 Å². The molecule has 0 spiro atoms. The lowest BCUT2D eigenvalue weighted by Gasteiger charge is -2.27. The minimum atomic E-state index is 0.305. The molecule has 0 radical (unpaired) electrons. The van der Waals surface area contributed by atoms with E-state index in [1.807, 2.05) is 24.5 Å². The van der Waals surface area contributed by atoms with Crippen molar-refractivity contribution in [3.8, 4) is 5.75 Å². The van der Waals surface area contributed by atoms with E-state index in [9.17, 15) is 0 Å². The molecule has 0 saturated heterocycles. The van der Waals surface area contributed by atoms with Gasteiger partial charge in [-0.1, -0.05) is 31.4 Å². The maximum atomic E-state index is 6.30. The third-order valence-corrected chi connectivity index (χ3v) is 7.32. The number of aromatic nitrogens is 4. The maximum absolute atomic E-state index is 6.30. The lowest BCUT2D eigenvalue weighted by atomic mass is 9.92. The quantitative estimate of drug-likeness (QED) is 0.383. The monoisotopic (exact) mass is 464 g/mol. The number of para-hydroxylation sites is 1. The number of imidazole rings is 1. The fourth-order valence-corrected chi connectivity index (χ4v) is 5.28. The second kappa shape index (κ2) is 10.0. The topological polar surface area (TPSA) is 129 Å². The summed E-state index contributed by atoms with van der Waals surface area (Å²) in [6.07, 6.45) is 12.2. The molecular formula is C25H36N8O. The zero-order chi connectivity index (χ0) is 23.5. The Balaban J connectivity index is 1.45. The predicted molar refractivity (Wildman–Crippen MR) is 136 cm³/mol. The molecule has 0 bridgehead atoms. The highest BCUT2D eigenvalue weighted by Crippen LogP contribution is 2.33. The van der Waals surface area contributed by atoms with Crippen molar-refractivity contribution in [1.82, 2.24) is 19.5 Å². The SMILES string of the molecule is COc1cccc(CNc2nc(NC3CCC(N)CC3)nc3c2ncn3C2CCCCC2)c1N. The Labute approximate surface area is 200 Å². The van der Waals surface area contributed by atoms with Crippen LogP contribution in [0.4, 0.5) is 17.5 Å². The van der Waals surface area contributed by atoms with Gasteiger partial charge in [0, 0.05) is 24.7 Å². The van der Waals surface area contributed by atoms with Crippen molar-refractivity contribution in [2.24, 2.45) is 5.73 Å². The van der Waals surface area contributed by atoms with Crippen molar-refractivity contribution in [3.05, 3.63) is 30.1 Å². The minimum absolute atomic E-state index is 0.305. The van der Waals surface area contributed by atoms with Crippen molar-refractivity contribution in [3.63, 3.8) is 0 Å². The fraction of sp³-hybridized carbons (Fsp3) is 0.560. The Morgan fingerprint density at radius 1 is 1.06 bits per heavy atom. The zero-order valence-electron chi connectivity index (χ0n) is 20.0. The van der Waals surface area contributed by atoms with E-state index >= 15 is 0 Å². The van der Waals surface area contributed by atoms with Gasteiger partial charge in [-0.25, -0.2) is 4.98 Å². The molecule has 0 unspecified atom stereocenters. The van der Waals surface area contributed by atoms with Crippen LogP contribution < -0.4 is 26.8 Å². The molecular weight excluding hydrogens is 428 g/mol. The Morgan fingerprint density at radius 2 is 1.85 bits per heavy atom. The molecule has 34 heavy (non-hydrogen) atoms. The number of hydrogen-bond acceptors (Lipinski definition) is 8. The fourth-order valence-electron chi connectivity index (χ4n) is 5.28. The number of fused-ring (bicyclic) bond motifs is 1. The van der Waals surface area contributed by atoms with Gasteiger partial charge in [0.05, 0.1) is 19.1 Å². The Morgan fingerprint density at radius 3 is 2.62 bits per heavy atom. The van der Waals surface area contributed by atoms with Crippen molar-refractivity contribution < 1.29 is 4.74 Å². The number of nitrogen functional groups attached to an aromatic ring is 1. The van der Waals surface area contributed by atoms with E-state index in [0.717, 1.165) is 48.2 Å². The van der Waals surface area contributed by atoms with E-state index in [1.165, 1.54) is 32.1 Å². The molecule has 0 amide bonds. The first kappa shape index (κ1) is 22.7. The molecule has 9 heteroatoms. The summed E-state index contributed by atoms with van der Waals surface area (Å²) in [5, 5.41) is 7.05. The molecule has 1 aromatic carbocycles. The van der Waals surface area contributed by atoms with Crippen LogP contribution in [0.1, 0.15) is 69.4 Å². The first-order valence-corrected chi connectivity index (χ1v) is 12.5. The summed E-state index contributed by atoms with van der Waals surface area (Å²) in [5.41, 5.74) is 15.7. The van der Waals surface area contributed by atoms with E-state index in [0.29, 0.717) is 42.1 Å². The van der Waals surface area contributed by atoms with Crippen LogP contribution in [0.15, 0.2) is 24.5 Å². The summed E-state index contributed by atoms with van der Waals surface area (Å²) in [4.78, 5) is 14.5. The molecule has 2 fully saturated rings. The van der Waals surface area contributed by atoms with E-state index in [1.54, 1.807) is 7.11 Å². The van der Waals surface area contributed by atoms with Crippen LogP contribution in [0.25, 0.3) is 11.2 Å². The maximum Gasteiger partial charge on any atom is 0.227 e. The van der Waals surface area contributed by atoms with Gasteiger partial charge in [0.1, 0.15) is 5.75 Å². The number of ether oxygens (including phenoxy) is 1. The standard InChI is InChI=1S/C25H36N8O/c1-34-20-9-5-6-16(21(20)27)14-28-23-22-24(33(15-29-22)19-7-3-2-4-8-19)32-25(31-23)30-18-12-10-17(26)11-13-18/h5-6,9,15,17-19H,2-4,7-8,10-14,26-27H2,1H3,(H2,28,30,31,32). The Bertz CT molecular complexity index is 1120. The first-order valence-electron chi connectivity index (χ1n) is 12.5. The molecule has 2 saturated carbocycles. The number of nitrogens with zero attached hydrogens (tertiary/aromatic N) is 4. The number of hydrogen-bond donors (Lipinski definition) is 4. The van der Waals surface area contributed by atoms with Gasteiger partial charge in [0.15, 0.2) is 17.0 Å². The van der Waals surface area contributed by atoms with Crippen LogP contribution in [0.2, 0.25) is 0 Å². The number of rotatable bonds is 7. The number of methoxy groups -OCH3 is 1. The summed E-state index contributed by atoms with van der Waals surface area (Å²) in [6.45, 7) is 0.517. The summed E-state index contributed by atoms with van der Waals surface area (Å²) in [5.74, 6) is 2.04. The molecule has 2 heterocycles. The lowest BCUT2D eigenvalue weighted by molar-refractivity contribution is 0.358. The second-order valence-corrected chi connectivity index (χ2v) is 9.65. The Kier molecular flexibility index (Phi) is 6.71. The molecule has 0 atom stereocenters. The smallest absolute Gasteiger partial charge is 0.227 e. The first-order chi connectivity index (χ1) is 16.6. The van der Waals surface area contributed by atoms with Crippen LogP contribution in [-0.4, -0.2) is 38.7 Å². The van der Waals surface area contributed by atoms with E-state index in [-0.39, 0.29) is 0 Å². The van der Waals surface area contributed by atoms with Gasteiger partial charge in [-0.05, 0) is 50.2 Å². The zero-order valence-corrected chi connectivity index (χ0v) is 20.0. The van der Waals surface area contributed by atoms with Gasteiger partial charge in [-0.3, -0.25) is 0 Å². The Hall–Kier alpha value is -3.07. The number of anilines is 3. The van der Waals surface area contributed by atoms with Gasteiger partial charge in [0.25, 0.3) is 0 Å². The van der Waals surface area contributed by atoms with Crippen LogP contribution >= 0.6 is 0 Å². The van der Waals surface area contributed by atoms with Gasteiger partial charge < -0.3 is 31.4 Å². The summed E-state index contributed by atoms with van der Waals surface area (Å²) in [7, 11) is 1.63. The molecule has 2 aliphatic carbocycles. The highest BCUT2D eigenvalue weighted by molar-refractivity contribution is 5.84. The number of nitrogens with one attached hydrogen (secondary N) is 2. The molecule has 0 aliphatic heterocycles. The average molecular weight is 465 g/mol. The van der Waals surface area contributed by atoms with Gasteiger partial charge in [-0.15, -0.1) is 0 Å². The molecule has 2 aliphatic rings. The molecule has 6 N–H and O–H groups in total. The van der Waals surface area contributed by atoms with E-state index in [2.05, 4.69) is 15.2 Å². The third-order valence-electron chi connectivity index (χ3n) is 7.32. The van der Waals surface area contributed by atoms with Crippen molar-refractivity contribution in [2.75, 3.05) is 23.5 Å². The molecule has 9 nitrogen and oxygen atoms in total.